The molecule has 0 fully saturated rings. The number of ether oxygens (including phenoxy) is 3. The number of aryl methyl sites for hydroxylation is 1. The normalized spacial score (nSPS) is 11.3. The molecule has 2 aromatic carbocycles. The van der Waals surface area contributed by atoms with E-state index in [1.165, 1.54) is 50.6 Å². The van der Waals surface area contributed by atoms with Gasteiger partial charge in [-0.1, -0.05) is 6.07 Å². The Hall–Kier alpha value is -2.55. The summed E-state index contributed by atoms with van der Waals surface area (Å²) in [7, 11) is -1.26. The molecule has 0 aromatic heterocycles. The number of sulfonamides is 1. The highest BCUT2D eigenvalue weighted by atomic mass is 32.2. The highest BCUT2D eigenvalue weighted by Crippen LogP contribution is 2.32. The van der Waals surface area contributed by atoms with Crippen LogP contribution in [0.4, 0.5) is 14.5 Å². The van der Waals surface area contributed by atoms with Crippen LogP contribution in [-0.4, -0.2) is 29.2 Å². The van der Waals surface area contributed by atoms with E-state index in [1.54, 1.807) is 6.92 Å². The Morgan fingerprint density at radius 1 is 0.960 bits per heavy atom. The van der Waals surface area contributed by atoms with E-state index >= 15 is 0 Å². The second-order valence-corrected chi connectivity index (χ2v) is 6.68. The van der Waals surface area contributed by atoms with Crippen LogP contribution in [0, 0.1) is 6.92 Å². The summed E-state index contributed by atoms with van der Waals surface area (Å²) in [6.45, 7) is -1.38. The number of hydrogen-bond acceptors (Lipinski definition) is 5. The van der Waals surface area contributed by atoms with Gasteiger partial charge in [-0.25, -0.2) is 8.42 Å². The predicted molar refractivity (Wildman–Crippen MR) is 88.2 cm³/mol. The number of alkyl halides is 2. The molecule has 0 unspecified atom stereocenters. The number of methoxy groups -OCH3 is 2. The van der Waals surface area contributed by atoms with Crippen molar-refractivity contribution in [3.8, 4) is 17.2 Å². The molecule has 2 aromatic rings. The van der Waals surface area contributed by atoms with Crippen LogP contribution in [0.2, 0.25) is 0 Å². The fraction of sp³-hybridized carbons (Fsp3) is 0.250. The third kappa shape index (κ3) is 4.50. The first-order chi connectivity index (χ1) is 11.8. The van der Waals surface area contributed by atoms with E-state index in [0.717, 1.165) is 0 Å². The molecule has 0 aliphatic carbocycles. The molecular formula is C16H17F2NO5S. The number of nitrogens with one attached hydrogen (secondary N) is 1. The Morgan fingerprint density at radius 2 is 1.60 bits per heavy atom. The molecular weight excluding hydrogens is 356 g/mol. The molecule has 1 N–H and O–H groups in total. The van der Waals surface area contributed by atoms with Gasteiger partial charge in [0.05, 0.1) is 24.8 Å². The third-order valence-corrected chi connectivity index (χ3v) is 4.62. The maximum atomic E-state index is 12.6. The van der Waals surface area contributed by atoms with Crippen molar-refractivity contribution in [1.82, 2.24) is 0 Å². The first kappa shape index (κ1) is 18.8. The number of anilines is 1. The maximum absolute atomic E-state index is 12.6. The molecule has 0 spiro atoms. The van der Waals surface area contributed by atoms with Crippen LogP contribution in [0.5, 0.6) is 17.2 Å². The Bertz CT molecular complexity index is 856. The van der Waals surface area contributed by atoms with Crippen molar-refractivity contribution >= 4 is 15.7 Å². The van der Waals surface area contributed by atoms with E-state index in [4.69, 9.17) is 9.47 Å². The van der Waals surface area contributed by atoms with Crippen molar-refractivity contribution in [1.29, 1.82) is 0 Å². The molecule has 0 amide bonds. The molecule has 25 heavy (non-hydrogen) atoms. The van der Waals surface area contributed by atoms with E-state index in [9.17, 15) is 17.2 Å². The smallest absolute Gasteiger partial charge is 0.387 e. The average Bonchev–Trinajstić information content (AvgIpc) is 2.56. The van der Waals surface area contributed by atoms with Crippen LogP contribution in [0.1, 0.15) is 5.56 Å². The minimum Gasteiger partial charge on any atom is -0.493 e. The monoisotopic (exact) mass is 373 g/mol. The minimum absolute atomic E-state index is 0.0879. The van der Waals surface area contributed by atoms with Crippen molar-refractivity contribution in [3.05, 3.63) is 42.0 Å². The van der Waals surface area contributed by atoms with Crippen LogP contribution in [-0.2, 0) is 10.0 Å². The molecule has 136 valence electrons. The van der Waals surface area contributed by atoms with Crippen molar-refractivity contribution in [2.24, 2.45) is 0 Å². The Labute approximate surface area is 144 Å². The van der Waals surface area contributed by atoms with E-state index in [0.29, 0.717) is 11.3 Å². The number of rotatable bonds is 7. The lowest BCUT2D eigenvalue weighted by molar-refractivity contribution is -0.0493. The first-order valence-electron chi connectivity index (χ1n) is 7.07. The van der Waals surface area contributed by atoms with E-state index in [1.807, 2.05) is 0 Å². The van der Waals surface area contributed by atoms with Crippen LogP contribution in [0.3, 0.4) is 0 Å². The van der Waals surface area contributed by atoms with Gasteiger partial charge in [0.1, 0.15) is 5.75 Å². The van der Waals surface area contributed by atoms with E-state index in [-0.39, 0.29) is 22.1 Å². The number of benzene rings is 2. The summed E-state index contributed by atoms with van der Waals surface area (Å²) in [4.78, 5) is -0.116. The number of halogens is 2. The first-order valence-corrected chi connectivity index (χ1v) is 8.55. The van der Waals surface area contributed by atoms with Gasteiger partial charge in [0.2, 0.25) is 0 Å². The third-order valence-electron chi connectivity index (χ3n) is 3.26. The standard InChI is InChI=1S/C16H17F2NO5S/c1-10-4-6-13(24-16(17)18)12(8-10)19-25(20,21)11-5-7-14(22-2)15(9-11)23-3/h4-9,16,19H,1-3H3. The maximum Gasteiger partial charge on any atom is 0.387 e. The summed E-state index contributed by atoms with van der Waals surface area (Å²) in [5, 5.41) is 0. The van der Waals surface area contributed by atoms with Crippen molar-refractivity contribution in [3.63, 3.8) is 0 Å². The molecule has 0 saturated heterocycles. The summed E-state index contributed by atoms with van der Waals surface area (Å²) in [6, 6.07) is 8.22. The van der Waals surface area contributed by atoms with Crippen LogP contribution in [0.25, 0.3) is 0 Å². The second-order valence-electron chi connectivity index (χ2n) is 5.00. The van der Waals surface area contributed by atoms with Crippen LogP contribution < -0.4 is 18.9 Å². The molecule has 0 bridgehead atoms. The largest absolute Gasteiger partial charge is 0.493 e. The van der Waals surface area contributed by atoms with Crippen molar-refractivity contribution < 1.29 is 31.4 Å². The van der Waals surface area contributed by atoms with Gasteiger partial charge < -0.3 is 14.2 Å². The van der Waals surface area contributed by atoms with Gasteiger partial charge in [-0.2, -0.15) is 8.78 Å². The molecule has 2 rings (SSSR count). The van der Waals surface area contributed by atoms with E-state index < -0.39 is 16.6 Å². The SMILES string of the molecule is COc1ccc(S(=O)(=O)Nc2cc(C)ccc2OC(F)F)cc1OC. The highest BCUT2D eigenvalue weighted by molar-refractivity contribution is 7.92. The molecule has 0 aliphatic rings. The summed E-state index contributed by atoms with van der Waals surface area (Å²) in [5.74, 6) is 0.307. The fourth-order valence-electron chi connectivity index (χ4n) is 2.11. The molecule has 9 heteroatoms. The van der Waals surface area contributed by atoms with Gasteiger partial charge in [-0.3, -0.25) is 4.72 Å². The summed E-state index contributed by atoms with van der Waals surface area (Å²) < 4.78 is 66.9. The Kier molecular flexibility index (Phi) is 5.68. The van der Waals surface area contributed by atoms with Gasteiger partial charge in [0, 0.05) is 6.07 Å². The highest BCUT2D eigenvalue weighted by Gasteiger charge is 2.20. The molecule has 6 nitrogen and oxygen atoms in total. The lowest BCUT2D eigenvalue weighted by Crippen LogP contribution is -2.15. The van der Waals surface area contributed by atoms with Gasteiger partial charge in [0.25, 0.3) is 10.0 Å². The van der Waals surface area contributed by atoms with Crippen molar-refractivity contribution in [2.75, 3.05) is 18.9 Å². The number of hydrogen-bond donors (Lipinski definition) is 1. The Balaban J connectivity index is 2.41. The summed E-state index contributed by atoms with van der Waals surface area (Å²) >= 11 is 0. The lowest BCUT2D eigenvalue weighted by Gasteiger charge is -2.15. The van der Waals surface area contributed by atoms with E-state index in [2.05, 4.69) is 9.46 Å². The zero-order valence-electron chi connectivity index (χ0n) is 13.7. The minimum atomic E-state index is -4.06. The summed E-state index contributed by atoms with van der Waals surface area (Å²) in [5.41, 5.74) is 0.585. The van der Waals surface area contributed by atoms with Gasteiger partial charge in [-0.15, -0.1) is 0 Å². The molecule has 0 heterocycles. The second kappa shape index (κ2) is 7.56. The Morgan fingerprint density at radius 3 is 2.20 bits per heavy atom. The zero-order chi connectivity index (χ0) is 18.6. The zero-order valence-corrected chi connectivity index (χ0v) is 14.6. The van der Waals surface area contributed by atoms with Crippen LogP contribution in [0.15, 0.2) is 41.3 Å². The quantitative estimate of drug-likeness (QED) is 0.805. The predicted octanol–water partition coefficient (Wildman–Crippen LogP) is 3.41. The topological polar surface area (TPSA) is 73.9 Å². The average molecular weight is 373 g/mol. The van der Waals surface area contributed by atoms with Gasteiger partial charge in [-0.05, 0) is 36.8 Å². The lowest BCUT2D eigenvalue weighted by atomic mass is 10.2. The van der Waals surface area contributed by atoms with Gasteiger partial charge >= 0.3 is 6.61 Å². The molecule has 0 saturated carbocycles. The molecule has 0 radical (unpaired) electrons. The molecule has 0 aliphatic heterocycles. The molecule has 0 atom stereocenters. The van der Waals surface area contributed by atoms with Crippen LogP contribution >= 0.6 is 0 Å². The van der Waals surface area contributed by atoms with Crippen molar-refractivity contribution in [2.45, 2.75) is 18.4 Å². The van der Waals surface area contributed by atoms with Gasteiger partial charge in [0.15, 0.2) is 11.5 Å². The fourth-order valence-corrected chi connectivity index (χ4v) is 3.19. The summed E-state index contributed by atoms with van der Waals surface area (Å²) in [6.07, 6.45) is 0.